The number of nitrogens with one attached hydrogen (secondary N) is 1. The van der Waals surface area contributed by atoms with Crippen molar-refractivity contribution in [2.45, 2.75) is 25.2 Å². The third-order valence-electron chi connectivity index (χ3n) is 4.33. The number of carbonyl (C=O) groups is 1. The van der Waals surface area contributed by atoms with Crippen LogP contribution in [0.5, 0.6) is 0 Å². The van der Waals surface area contributed by atoms with E-state index in [9.17, 15) is 4.79 Å². The number of carbonyl (C=O) groups excluding carboxylic acids is 1. The molecule has 1 N–H and O–H groups in total. The molecule has 1 aliphatic rings. The number of likely N-dealkylation sites (tertiary alicyclic amines) is 1. The fourth-order valence-corrected chi connectivity index (χ4v) is 3.02. The zero-order valence-corrected chi connectivity index (χ0v) is 13.7. The highest BCUT2D eigenvalue weighted by Crippen LogP contribution is 2.25. The summed E-state index contributed by atoms with van der Waals surface area (Å²) in [6.45, 7) is 2.09. The van der Waals surface area contributed by atoms with Crippen molar-refractivity contribution in [3.8, 4) is 0 Å². The third kappa shape index (κ3) is 3.44. The molecule has 1 amide bonds. The number of methoxy groups -OCH3 is 1. The number of ether oxygens (including phenoxy) is 1. The molecular weight excluding hydrogens is 294 g/mol. The van der Waals surface area contributed by atoms with Gasteiger partial charge in [0.05, 0.1) is 6.61 Å². The normalized spacial score (nSPS) is 18.3. The Morgan fingerprint density at radius 3 is 3.13 bits per heavy atom. The first-order valence-corrected chi connectivity index (χ1v) is 7.99. The zero-order valence-electron chi connectivity index (χ0n) is 13.7. The summed E-state index contributed by atoms with van der Waals surface area (Å²) < 4.78 is 6.92. The highest BCUT2D eigenvalue weighted by Gasteiger charge is 2.28. The Morgan fingerprint density at radius 2 is 2.39 bits per heavy atom. The van der Waals surface area contributed by atoms with Gasteiger partial charge in [-0.2, -0.15) is 5.10 Å². The summed E-state index contributed by atoms with van der Waals surface area (Å²) in [6, 6.07) is 3.76. The summed E-state index contributed by atoms with van der Waals surface area (Å²) in [7, 11) is 3.57. The van der Waals surface area contributed by atoms with Gasteiger partial charge in [0.1, 0.15) is 11.5 Å². The lowest BCUT2D eigenvalue weighted by atomic mass is 9.97. The molecule has 0 saturated carbocycles. The van der Waals surface area contributed by atoms with Gasteiger partial charge in [0.15, 0.2) is 5.82 Å². The van der Waals surface area contributed by atoms with Gasteiger partial charge in [-0.3, -0.25) is 9.89 Å². The molecule has 1 saturated heterocycles. The Balaban J connectivity index is 1.67. The van der Waals surface area contributed by atoms with Crippen molar-refractivity contribution >= 4 is 5.91 Å². The summed E-state index contributed by atoms with van der Waals surface area (Å²) in [5, 5.41) is 7.30. The first-order valence-electron chi connectivity index (χ1n) is 7.99. The number of hydrogen-bond donors (Lipinski definition) is 1. The molecule has 3 heterocycles. The van der Waals surface area contributed by atoms with E-state index in [1.165, 1.54) is 0 Å². The van der Waals surface area contributed by atoms with Crippen LogP contribution >= 0.6 is 0 Å². The molecule has 0 aromatic carbocycles. The van der Waals surface area contributed by atoms with E-state index in [2.05, 4.69) is 15.2 Å². The average molecular weight is 317 g/mol. The van der Waals surface area contributed by atoms with Gasteiger partial charge in [-0.1, -0.05) is 0 Å². The van der Waals surface area contributed by atoms with Gasteiger partial charge < -0.3 is 14.2 Å². The fourth-order valence-electron chi connectivity index (χ4n) is 3.02. The van der Waals surface area contributed by atoms with Crippen LogP contribution in [0.1, 0.15) is 40.9 Å². The number of nitrogens with zero attached hydrogens (tertiary/aromatic N) is 4. The quantitative estimate of drug-likeness (QED) is 0.903. The number of aromatic amines is 1. The Hall–Kier alpha value is -2.15. The van der Waals surface area contributed by atoms with Gasteiger partial charge in [0.2, 0.25) is 0 Å². The van der Waals surface area contributed by atoms with Gasteiger partial charge in [-0.15, -0.1) is 0 Å². The molecule has 2 aromatic heterocycles. The minimum Gasteiger partial charge on any atom is -0.384 e. The van der Waals surface area contributed by atoms with Crippen molar-refractivity contribution < 1.29 is 9.53 Å². The molecule has 23 heavy (non-hydrogen) atoms. The van der Waals surface area contributed by atoms with E-state index in [0.717, 1.165) is 43.1 Å². The van der Waals surface area contributed by atoms with Crippen LogP contribution in [0.3, 0.4) is 0 Å². The molecule has 3 rings (SSSR count). The largest absolute Gasteiger partial charge is 0.384 e. The fraction of sp³-hybridized carbons (Fsp3) is 0.562. The van der Waals surface area contributed by atoms with Crippen LogP contribution in [0, 0.1) is 0 Å². The lowest BCUT2D eigenvalue weighted by Gasteiger charge is -2.31. The topological polar surface area (TPSA) is 76.0 Å². The van der Waals surface area contributed by atoms with Crippen LogP contribution in [0.15, 0.2) is 18.3 Å². The second-order valence-corrected chi connectivity index (χ2v) is 5.98. The summed E-state index contributed by atoms with van der Waals surface area (Å²) in [5.41, 5.74) is 0.724. The van der Waals surface area contributed by atoms with Crippen LogP contribution < -0.4 is 0 Å². The number of aryl methyl sites for hydroxylation is 1. The van der Waals surface area contributed by atoms with Crippen molar-refractivity contribution in [1.82, 2.24) is 24.6 Å². The van der Waals surface area contributed by atoms with Crippen LogP contribution in [0.2, 0.25) is 0 Å². The van der Waals surface area contributed by atoms with Gasteiger partial charge in [0, 0.05) is 45.8 Å². The molecule has 0 radical (unpaired) electrons. The predicted octanol–water partition coefficient (Wildman–Crippen LogP) is 1.35. The number of aromatic nitrogens is 4. The van der Waals surface area contributed by atoms with E-state index >= 15 is 0 Å². The van der Waals surface area contributed by atoms with Gasteiger partial charge >= 0.3 is 0 Å². The molecule has 0 aliphatic carbocycles. The van der Waals surface area contributed by atoms with Crippen LogP contribution in [0.4, 0.5) is 0 Å². The third-order valence-corrected chi connectivity index (χ3v) is 4.33. The Bertz CT molecular complexity index is 663. The lowest BCUT2D eigenvalue weighted by molar-refractivity contribution is 0.0695. The van der Waals surface area contributed by atoms with Crippen molar-refractivity contribution in [1.29, 1.82) is 0 Å². The second-order valence-electron chi connectivity index (χ2n) is 5.98. The summed E-state index contributed by atoms with van der Waals surface area (Å²) in [4.78, 5) is 19.1. The maximum atomic E-state index is 12.6. The molecule has 0 bridgehead atoms. The molecule has 1 fully saturated rings. The Kier molecular flexibility index (Phi) is 4.76. The number of rotatable bonds is 5. The summed E-state index contributed by atoms with van der Waals surface area (Å²) >= 11 is 0. The van der Waals surface area contributed by atoms with Gasteiger partial charge in [0.25, 0.3) is 5.91 Å². The maximum Gasteiger partial charge on any atom is 0.270 e. The van der Waals surface area contributed by atoms with E-state index in [0.29, 0.717) is 13.2 Å². The zero-order chi connectivity index (χ0) is 16.2. The monoisotopic (exact) mass is 317 g/mol. The van der Waals surface area contributed by atoms with Crippen LogP contribution in [-0.2, 0) is 18.2 Å². The molecule has 2 aromatic rings. The molecule has 0 unspecified atom stereocenters. The first kappa shape index (κ1) is 15.7. The Labute approximate surface area is 135 Å². The van der Waals surface area contributed by atoms with Crippen molar-refractivity contribution in [2.75, 3.05) is 26.8 Å². The highest BCUT2D eigenvalue weighted by molar-refractivity contribution is 5.92. The van der Waals surface area contributed by atoms with E-state index in [4.69, 9.17) is 4.74 Å². The summed E-state index contributed by atoms with van der Waals surface area (Å²) in [5.74, 6) is 1.92. The maximum absolute atomic E-state index is 12.6. The number of H-pyrrole nitrogens is 1. The number of piperidine rings is 1. The molecule has 1 atom stereocenters. The van der Waals surface area contributed by atoms with Crippen molar-refractivity contribution in [2.24, 2.45) is 7.05 Å². The minimum atomic E-state index is 0.0809. The van der Waals surface area contributed by atoms with Crippen LogP contribution in [-0.4, -0.2) is 57.4 Å². The molecular formula is C16H23N5O2. The number of amides is 1. The molecule has 7 nitrogen and oxygen atoms in total. The standard InChI is InChI=1S/C16H23N5O2/c1-20-8-4-6-13(20)16(22)21-9-3-5-12(11-21)15-17-14(18-19-15)7-10-23-2/h4,6,8,12H,3,5,7,9-11H2,1-2H3,(H,17,18,19)/t12-/m1/s1. The van der Waals surface area contributed by atoms with Crippen molar-refractivity contribution in [3.63, 3.8) is 0 Å². The molecule has 1 aliphatic heterocycles. The first-order chi connectivity index (χ1) is 11.2. The van der Waals surface area contributed by atoms with Crippen molar-refractivity contribution in [3.05, 3.63) is 35.7 Å². The van der Waals surface area contributed by atoms with Gasteiger partial charge in [-0.25, -0.2) is 4.98 Å². The molecule has 124 valence electrons. The lowest BCUT2D eigenvalue weighted by Crippen LogP contribution is -2.40. The van der Waals surface area contributed by atoms with E-state index < -0.39 is 0 Å². The smallest absolute Gasteiger partial charge is 0.270 e. The summed E-state index contributed by atoms with van der Waals surface area (Å²) in [6.07, 6.45) is 4.61. The second kappa shape index (κ2) is 6.95. The number of hydrogen-bond acceptors (Lipinski definition) is 4. The van der Waals surface area contributed by atoms with Crippen LogP contribution in [0.25, 0.3) is 0 Å². The minimum absolute atomic E-state index is 0.0809. The molecule has 7 heteroatoms. The molecule has 0 spiro atoms. The predicted molar refractivity (Wildman–Crippen MR) is 85.3 cm³/mol. The van der Waals surface area contributed by atoms with E-state index in [-0.39, 0.29) is 11.8 Å². The highest BCUT2D eigenvalue weighted by atomic mass is 16.5. The van der Waals surface area contributed by atoms with Gasteiger partial charge in [-0.05, 0) is 25.0 Å². The Morgan fingerprint density at radius 1 is 1.52 bits per heavy atom. The average Bonchev–Trinajstić information content (AvgIpc) is 3.21. The van der Waals surface area contributed by atoms with E-state index in [1.54, 1.807) is 7.11 Å². The van der Waals surface area contributed by atoms with E-state index in [1.807, 2.05) is 34.8 Å². The SMILES string of the molecule is COCCc1nc([C@@H]2CCCN(C(=O)c3cccn3C)C2)n[nH]1.